The molecule has 2 aromatic rings. The zero-order chi connectivity index (χ0) is 23.8. The van der Waals surface area contributed by atoms with Gasteiger partial charge in [0.15, 0.2) is 0 Å². The number of halogens is 4. The highest BCUT2D eigenvalue weighted by Crippen LogP contribution is 2.24. The van der Waals surface area contributed by atoms with Crippen molar-refractivity contribution in [2.24, 2.45) is 0 Å². The fraction of sp³-hybridized carbons (Fsp3) is 0.409. The van der Waals surface area contributed by atoms with Crippen molar-refractivity contribution in [3.05, 3.63) is 54.3 Å². The van der Waals surface area contributed by atoms with Crippen LogP contribution in [0.25, 0.3) is 0 Å². The number of aliphatic hydroxyl groups is 1. The van der Waals surface area contributed by atoms with E-state index in [4.69, 9.17) is 4.74 Å². The molecule has 0 aliphatic carbocycles. The highest BCUT2D eigenvalue weighted by molar-refractivity contribution is 5.92. The van der Waals surface area contributed by atoms with Gasteiger partial charge in [0.25, 0.3) is 0 Å². The van der Waals surface area contributed by atoms with Crippen molar-refractivity contribution in [3.8, 4) is 11.5 Å². The minimum atomic E-state index is -4.77. The van der Waals surface area contributed by atoms with Crippen LogP contribution in [-0.4, -0.2) is 79.2 Å². The second-order valence-electron chi connectivity index (χ2n) is 7.62. The highest BCUT2D eigenvalue weighted by atomic mass is 19.4. The van der Waals surface area contributed by atoms with E-state index >= 15 is 0 Å². The van der Waals surface area contributed by atoms with Crippen molar-refractivity contribution < 1.29 is 36.9 Å². The molecule has 7 nitrogen and oxygen atoms in total. The molecule has 1 amide bonds. The van der Waals surface area contributed by atoms with Gasteiger partial charge < -0.3 is 19.9 Å². The lowest BCUT2D eigenvalue weighted by Gasteiger charge is -2.35. The van der Waals surface area contributed by atoms with E-state index in [1.807, 2.05) is 4.90 Å². The Labute approximate surface area is 188 Å². The monoisotopic (exact) mass is 471 g/mol. The maximum absolute atomic E-state index is 12.9. The topological polar surface area (TPSA) is 74.3 Å². The molecule has 0 spiro atoms. The van der Waals surface area contributed by atoms with E-state index < -0.39 is 12.5 Å². The van der Waals surface area contributed by atoms with E-state index in [1.165, 1.54) is 36.4 Å². The van der Waals surface area contributed by atoms with Crippen molar-refractivity contribution >= 4 is 11.6 Å². The number of amides is 1. The van der Waals surface area contributed by atoms with Gasteiger partial charge in [-0.05, 0) is 48.5 Å². The Balaban J connectivity index is 1.34. The quantitative estimate of drug-likeness (QED) is 0.548. The van der Waals surface area contributed by atoms with Crippen molar-refractivity contribution in [1.29, 1.82) is 0 Å². The summed E-state index contributed by atoms with van der Waals surface area (Å²) in [5.41, 5.74) is 0.373. The molecule has 1 saturated heterocycles. The SMILES string of the molecule is O=C(CN1CCN(CC(O)COc2ccc(F)cc2)CC1)Nc1ccc(OC(F)(F)F)cc1. The molecule has 1 atom stereocenters. The normalized spacial score (nSPS) is 16.3. The second kappa shape index (κ2) is 11.3. The van der Waals surface area contributed by atoms with E-state index in [0.29, 0.717) is 44.2 Å². The second-order valence-corrected chi connectivity index (χ2v) is 7.62. The number of carbonyl (C=O) groups is 1. The molecule has 1 fully saturated rings. The molecule has 1 aliphatic rings. The van der Waals surface area contributed by atoms with Crippen LogP contribution in [0.1, 0.15) is 0 Å². The first kappa shape index (κ1) is 24.7. The molecule has 1 heterocycles. The van der Waals surface area contributed by atoms with Gasteiger partial charge in [-0.1, -0.05) is 0 Å². The summed E-state index contributed by atoms with van der Waals surface area (Å²) in [6.07, 6.45) is -5.48. The van der Waals surface area contributed by atoms with Gasteiger partial charge >= 0.3 is 6.36 Å². The maximum atomic E-state index is 12.9. The Bertz CT molecular complexity index is 886. The van der Waals surface area contributed by atoms with E-state index in [9.17, 15) is 27.5 Å². The molecule has 1 aliphatic heterocycles. The number of carbonyl (C=O) groups excluding carboxylic acids is 1. The molecular weight excluding hydrogens is 446 g/mol. The maximum Gasteiger partial charge on any atom is 0.573 e. The van der Waals surface area contributed by atoms with Gasteiger partial charge in [-0.2, -0.15) is 0 Å². The summed E-state index contributed by atoms with van der Waals surface area (Å²) in [7, 11) is 0. The Kier molecular flexibility index (Phi) is 8.48. The largest absolute Gasteiger partial charge is 0.573 e. The third kappa shape index (κ3) is 8.87. The van der Waals surface area contributed by atoms with Crippen LogP contribution >= 0.6 is 0 Å². The number of benzene rings is 2. The molecule has 0 radical (unpaired) electrons. The number of nitrogens with one attached hydrogen (secondary N) is 1. The van der Waals surface area contributed by atoms with Crippen LogP contribution < -0.4 is 14.8 Å². The van der Waals surface area contributed by atoms with Crippen LogP contribution in [0.5, 0.6) is 11.5 Å². The Morgan fingerprint density at radius 2 is 1.55 bits per heavy atom. The number of rotatable bonds is 9. The molecule has 0 bridgehead atoms. The molecule has 0 saturated carbocycles. The summed E-state index contributed by atoms with van der Waals surface area (Å²) in [6.45, 7) is 3.20. The van der Waals surface area contributed by atoms with Gasteiger partial charge in [0.1, 0.15) is 30.0 Å². The minimum absolute atomic E-state index is 0.0844. The van der Waals surface area contributed by atoms with Crippen LogP contribution in [-0.2, 0) is 4.79 Å². The molecule has 2 N–H and O–H groups in total. The van der Waals surface area contributed by atoms with Gasteiger partial charge in [-0.3, -0.25) is 14.6 Å². The summed E-state index contributed by atoms with van der Waals surface area (Å²) in [4.78, 5) is 16.3. The standard InChI is InChI=1S/C22H25F4N3O4/c23-16-1-5-19(6-2-16)32-15-18(30)13-28-9-11-29(12-10-28)14-21(31)27-17-3-7-20(8-4-17)33-22(24,25)26/h1-8,18,30H,9-15H2,(H,27,31). The number of hydrogen-bond donors (Lipinski definition) is 2. The molecule has 180 valence electrons. The van der Waals surface area contributed by atoms with Crippen molar-refractivity contribution in [1.82, 2.24) is 9.80 Å². The van der Waals surface area contributed by atoms with E-state index in [2.05, 4.69) is 15.0 Å². The van der Waals surface area contributed by atoms with Gasteiger partial charge in [0.2, 0.25) is 5.91 Å². The number of piperazine rings is 1. The Hall–Kier alpha value is -2.89. The predicted molar refractivity (Wildman–Crippen MR) is 113 cm³/mol. The first-order valence-corrected chi connectivity index (χ1v) is 10.3. The minimum Gasteiger partial charge on any atom is -0.491 e. The average molecular weight is 471 g/mol. The molecule has 33 heavy (non-hydrogen) atoms. The fourth-order valence-corrected chi connectivity index (χ4v) is 3.35. The number of anilines is 1. The highest BCUT2D eigenvalue weighted by Gasteiger charge is 2.31. The number of ether oxygens (including phenoxy) is 2. The fourth-order valence-electron chi connectivity index (χ4n) is 3.35. The molecule has 0 aromatic heterocycles. The zero-order valence-electron chi connectivity index (χ0n) is 17.7. The van der Waals surface area contributed by atoms with Crippen LogP contribution in [0.3, 0.4) is 0 Å². The first-order chi connectivity index (χ1) is 15.7. The Morgan fingerprint density at radius 1 is 0.970 bits per heavy atom. The van der Waals surface area contributed by atoms with Crippen molar-refractivity contribution in [2.45, 2.75) is 12.5 Å². The molecule has 3 rings (SSSR count). The number of nitrogens with zero attached hydrogens (tertiary/aromatic N) is 2. The van der Waals surface area contributed by atoms with Gasteiger partial charge in [0, 0.05) is 38.4 Å². The Morgan fingerprint density at radius 3 is 2.15 bits per heavy atom. The van der Waals surface area contributed by atoms with Crippen molar-refractivity contribution in [2.75, 3.05) is 51.2 Å². The molecule has 2 aromatic carbocycles. The lowest BCUT2D eigenvalue weighted by molar-refractivity contribution is -0.274. The molecular formula is C22H25F4N3O4. The lowest BCUT2D eigenvalue weighted by Crippen LogP contribution is -2.50. The lowest BCUT2D eigenvalue weighted by atomic mass is 10.2. The predicted octanol–water partition coefficient (Wildman–Crippen LogP) is 2.72. The third-order valence-electron chi connectivity index (χ3n) is 4.93. The number of β-amino-alcohol motifs (C(OH)–C–C–N with tert-alkyl or cyclic N) is 1. The smallest absolute Gasteiger partial charge is 0.491 e. The van der Waals surface area contributed by atoms with Crippen LogP contribution in [0.2, 0.25) is 0 Å². The summed E-state index contributed by atoms with van der Waals surface area (Å²) < 4.78 is 58.7. The van der Waals surface area contributed by atoms with E-state index in [-0.39, 0.29) is 30.6 Å². The van der Waals surface area contributed by atoms with Gasteiger partial charge in [0.05, 0.1) is 6.54 Å². The molecule has 11 heteroatoms. The molecule has 1 unspecified atom stereocenters. The van der Waals surface area contributed by atoms with Crippen molar-refractivity contribution in [3.63, 3.8) is 0 Å². The summed E-state index contributed by atoms with van der Waals surface area (Å²) in [6, 6.07) is 10.5. The summed E-state index contributed by atoms with van der Waals surface area (Å²) in [5, 5.41) is 12.8. The average Bonchev–Trinajstić information content (AvgIpc) is 2.75. The van der Waals surface area contributed by atoms with Crippen LogP contribution in [0.15, 0.2) is 48.5 Å². The number of aliphatic hydroxyl groups excluding tert-OH is 1. The summed E-state index contributed by atoms with van der Waals surface area (Å²) >= 11 is 0. The van der Waals surface area contributed by atoms with E-state index in [1.54, 1.807) is 0 Å². The summed E-state index contributed by atoms with van der Waals surface area (Å²) in [5.74, 6) is -0.515. The zero-order valence-corrected chi connectivity index (χ0v) is 17.7. The van der Waals surface area contributed by atoms with Crippen LogP contribution in [0.4, 0.5) is 23.2 Å². The van der Waals surface area contributed by atoms with E-state index in [0.717, 1.165) is 12.1 Å². The number of hydrogen-bond acceptors (Lipinski definition) is 6. The third-order valence-corrected chi connectivity index (χ3v) is 4.93. The van der Waals surface area contributed by atoms with Crippen LogP contribution in [0, 0.1) is 5.82 Å². The number of alkyl halides is 3. The van der Waals surface area contributed by atoms with Gasteiger partial charge in [-0.25, -0.2) is 4.39 Å². The van der Waals surface area contributed by atoms with Gasteiger partial charge in [-0.15, -0.1) is 13.2 Å². The first-order valence-electron chi connectivity index (χ1n) is 10.3.